The molecule has 0 aliphatic rings. The molecule has 0 aliphatic heterocycles. The molecule has 0 atom stereocenters. The molecule has 1 N–H and O–H groups in total. The number of nitrogens with one attached hydrogen (secondary N) is 1. The summed E-state index contributed by atoms with van der Waals surface area (Å²) < 4.78 is 8.43. The predicted octanol–water partition coefficient (Wildman–Crippen LogP) is 2.75. The van der Waals surface area contributed by atoms with Crippen LogP contribution in [-0.4, -0.2) is 35.4 Å². The molecule has 0 unspecified atom stereocenters. The number of nitriles is 1. The van der Waals surface area contributed by atoms with E-state index < -0.39 is 0 Å². The number of ether oxygens (including phenoxy) is 1. The Kier molecular flexibility index (Phi) is 4.66. The van der Waals surface area contributed by atoms with E-state index in [0.717, 1.165) is 16.7 Å². The number of benzene rings is 1. The lowest BCUT2D eigenvalue weighted by molar-refractivity contribution is 0.243. The number of aromatic nitrogens is 6. The molecule has 29 heavy (non-hydrogen) atoms. The fourth-order valence-corrected chi connectivity index (χ4v) is 2.90. The van der Waals surface area contributed by atoms with Gasteiger partial charge in [0.05, 0.1) is 17.7 Å². The fraction of sp³-hybridized carbons (Fsp3) is 0.150. The Morgan fingerprint density at radius 2 is 2.14 bits per heavy atom. The minimum atomic E-state index is -0.347. The summed E-state index contributed by atoms with van der Waals surface area (Å²) in [5, 5.41) is 16.8. The number of H-pyrrole nitrogens is 1. The van der Waals surface area contributed by atoms with E-state index in [2.05, 4.69) is 20.2 Å². The van der Waals surface area contributed by atoms with E-state index in [4.69, 9.17) is 10.00 Å². The lowest BCUT2D eigenvalue weighted by Crippen LogP contribution is -2.20. The molecule has 0 bridgehead atoms. The highest BCUT2D eigenvalue weighted by molar-refractivity contribution is 5.92. The molecule has 0 saturated carbocycles. The van der Waals surface area contributed by atoms with E-state index in [9.17, 15) is 4.79 Å². The van der Waals surface area contributed by atoms with Crippen molar-refractivity contribution in [1.82, 2.24) is 29.3 Å². The van der Waals surface area contributed by atoms with Gasteiger partial charge < -0.3 is 4.74 Å². The molecule has 4 aromatic rings. The molecule has 9 heteroatoms. The van der Waals surface area contributed by atoms with E-state index in [1.54, 1.807) is 24.7 Å². The van der Waals surface area contributed by atoms with Crippen LogP contribution in [0.25, 0.3) is 34.4 Å². The maximum absolute atomic E-state index is 12.5. The van der Waals surface area contributed by atoms with Gasteiger partial charge in [-0.15, -0.1) is 0 Å². The van der Waals surface area contributed by atoms with Gasteiger partial charge in [-0.05, 0) is 38.1 Å². The Morgan fingerprint density at radius 3 is 2.93 bits per heavy atom. The minimum Gasteiger partial charge on any atom is -0.491 e. The van der Waals surface area contributed by atoms with Gasteiger partial charge in [-0.1, -0.05) is 0 Å². The van der Waals surface area contributed by atoms with Gasteiger partial charge in [0, 0.05) is 36.3 Å². The molecule has 4 rings (SSSR count). The van der Waals surface area contributed by atoms with E-state index in [-0.39, 0.29) is 11.8 Å². The number of rotatable bonds is 5. The monoisotopic (exact) mass is 387 g/mol. The first kappa shape index (κ1) is 18.2. The minimum absolute atomic E-state index is 0.0494. The van der Waals surface area contributed by atoms with Gasteiger partial charge in [-0.25, -0.2) is 14.8 Å². The Balaban J connectivity index is 1.77. The summed E-state index contributed by atoms with van der Waals surface area (Å²) in [6, 6.07) is 9.14. The van der Waals surface area contributed by atoms with Gasteiger partial charge in [0.1, 0.15) is 17.3 Å². The molecular weight excluding hydrogens is 370 g/mol. The molecular formula is C20H17N7O2. The zero-order valence-electron chi connectivity index (χ0n) is 15.8. The first-order chi connectivity index (χ1) is 14.1. The third-order valence-electron chi connectivity index (χ3n) is 4.12. The summed E-state index contributed by atoms with van der Waals surface area (Å²) >= 11 is 0. The average Bonchev–Trinajstić information content (AvgIpc) is 3.29. The van der Waals surface area contributed by atoms with Crippen molar-refractivity contribution in [1.29, 1.82) is 5.26 Å². The fourth-order valence-electron chi connectivity index (χ4n) is 2.90. The van der Waals surface area contributed by atoms with Crippen molar-refractivity contribution in [2.24, 2.45) is 0 Å². The number of imidazole rings is 1. The highest BCUT2D eigenvalue weighted by atomic mass is 16.5. The van der Waals surface area contributed by atoms with Gasteiger partial charge in [-0.3, -0.25) is 14.2 Å². The SMILES string of the molecule is CC(C)Oc1ccc2[nH]nc(-c3nccc(-n4ccn(C=CC#N)c4=O)n3)c2c1. The van der Waals surface area contributed by atoms with Crippen LogP contribution in [0.2, 0.25) is 0 Å². The number of hydrogen-bond acceptors (Lipinski definition) is 6. The smallest absolute Gasteiger partial charge is 0.338 e. The van der Waals surface area contributed by atoms with Crippen LogP contribution in [0.4, 0.5) is 0 Å². The standard InChI is InChI=1S/C20H17N7O2/c1-13(2)29-14-4-5-16-15(12-14)18(25-24-16)19-22-8-6-17(23-19)27-11-10-26(20(27)28)9-3-7-21/h3-6,8-13H,1-2H3,(H,24,25). The summed E-state index contributed by atoms with van der Waals surface area (Å²) in [7, 11) is 0. The van der Waals surface area contributed by atoms with Crippen molar-refractivity contribution in [2.75, 3.05) is 0 Å². The van der Waals surface area contributed by atoms with Crippen LogP contribution in [0.15, 0.2) is 53.7 Å². The molecule has 0 radical (unpaired) electrons. The number of hydrogen-bond donors (Lipinski definition) is 1. The van der Waals surface area contributed by atoms with Crippen molar-refractivity contribution in [3.05, 3.63) is 59.4 Å². The number of aromatic amines is 1. The van der Waals surface area contributed by atoms with E-state index in [1.165, 1.54) is 21.4 Å². The second kappa shape index (κ2) is 7.44. The van der Waals surface area contributed by atoms with Gasteiger partial charge in [0.2, 0.25) is 0 Å². The van der Waals surface area contributed by atoms with Crippen LogP contribution in [0.1, 0.15) is 13.8 Å². The second-order valence-electron chi connectivity index (χ2n) is 6.49. The number of allylic oxidation sites excluding steroid dienone is 1. The Morgan fingerprint density at radius 1 is 1.28 bits per heavy atom. The lowest BCUT2D eigenvalue weighted by Gasteiger charge is -2.09. The molecule has 1 aromatic carbocycles. The average molecular weight is 387 g/mol. The van der Waals surface area contributed by atoms with Crippen LogP contribution < -0.4 is 10.4 Å². The van der Waals surface area contributed by atoms with Crippen LogP contribution in [0.5, 0.6) is 5.75 Å². The number of nitrogens with zero attached hydrogens (tertiary/aromatic N) is 6. The first-order valence-electron chi connectivity index (χ1n) is 8.91. The van der Waals surface area contributed by atoms with Crippen LogP contribution in [0, 0.1) is 11.3 Å². The van der Waals surface area contributed by atoms with E-state index in [0.29, 0.717) is 17.3 Å². The Hall–Kier alpha value is -4.19. The molecule has 0 aliphatic carbocycles. The topological polar surface area (TPSA) is 114 Å². The maximum Gasteiger partial charge on any atom is 0.338 e. The van der Waals surface area contributed by atoms with Gasteiger partial charge in [0.25, 0.3) is 0 Å². The molecule has 3 aromatic heterocycles. The first-order valence-corrected chi connectivity index (χ1v) is 8.91. The molecule has 3 heterocycles. The van der Waals surface area contributed by atoms with Gasteiger partial charge in [0.15, 0.2) is 5.82 Å². The summed E-state index contributed by atoms with van der Waals surface area (Å²) in [6.07, 6.45) is 7.36. The summed E-state index contributed by atoms with van der Waals surface area (Å²) in [4.78, 5) is 21.3. The molecule has 144 valence electrons. The van der Waals surface area contributed by atoms with Crippen molar-refractivity contribution in [3.8, 4) is 29.2 Å². The zero-order chi connectivity index (χ0) is 20.4. The molecule has 0 amide bonds. The van der Waals surface area contributed by atoms with Crippen molar-refractivity contribution in [2.45, 2.75) is 20.0 Å². The summed E-state index contributed by atoms with van der Waals surface area (Å²) in [5.41, 5.74) is 1.05. The van der Waals surface area contributed by atoms with Crippen LogP contribution in [0.3, 0.4) is 0 Å². The largest absolute Gasteiger partial charge is 0.491 e. The molecule has 9 nitrogen and oxygen atoms in total. The van der Waals surface area contributed by atoms with Crippen molar-refractivity contribution in [3.63, 3.8) is 0 Å². The van der Waals surface area contributed by atoms with Crippen molar-refractivity contribution < 1.29 is 4.74 Å². The van der Waals surface area contributed by atoms with Gasteiger partial charge in [-0.2, -0.15) is 10.4 Å². The van der Waals surface area contributed by atoms with E-state index >= 15 is 0 Å². The lowest BCUT2D eigenvalue weighted by atomic mass is 10.2. The Labute approximate surface area is 165 Å². The maximum atomic E-state index is 12.5. The Bertz CT molecular complexity index is 1300. The molecule has 0 spiro atoms. The highest BCUT2D eigenvalue weighted by Gasteiger charge is 2.14. The predicted molar refractivity (Wildman–Crippen MR) is 107 cm³/mol. The number of fused-ring (bicyclic) bond motifs is 1. The third-order valence-corrected chi connectivity index (χ3v) is 4.12. The van der Waals surface area contributed by atoms with Crippen LogP contribution >= 0.6 is 0 Å². The highest BCUT2D eigenvalue weighted by Crippen LogP contribution is 2.28. The van der Waals surface area contributed by atoms with E-state index in [1.807, 2.05) is 38.1 Å². The third kappa shape index (κ3) is 3.51. The summed E-state index contributed by atoms with van der Waals surface area (Å²) in [6.45, 7) is 3.92. The second-order valence-corrected chi connectivity index (χ2v) is 6.49. The zero-order valence-corrected chi connectivity index (χ0v) is 15.8. The van der Waals surface area contributed by atoms with Gasteiger partial charge >= 0.3 is 5.69 Å². The normalized spacial score (nSPS) is 11.4. The summed E-state index contributed by atoms with van der Waals surface area (Å²) in [5.74, 6) is 1.50. The molecule has 0 fully saturated rings. The van der Waals surface area contributed by atoms with Crippen molar-refractivity contribution >= 4 is 17.1 Å². The quantitative estimate of drug-likeness (QED) is 0.527. The molecule has 0 saturated heterocycles. The van der Waals surface area contributed by atoms with Crippen LogP contribution in [-0.2, 0) is 0 Å².